The van der Waals surface area contributed by atoms with E-state index in [0.717, 1.165) is 5.56 Å². The lowest BCUT2D eigenvalue weighted by molar-refractivity contribution is 0.578. The van der Waals surface area contributed by atoms with Gasteiger partial charge in [0.25, 0.3) is 0 Å². The summed E-state index contributed by atoms with van der Waals surface area (Å²) in [6, 6.07) is 4.57. The van der Waals surface area contributed by atoms with Gasteiger partial charge in [-0.05, 0) is 30.7 Å². The summed E-state index contributed by atoms with van der Waals surface area (Å²) in [4.78, 5) is 4.13. The van der Waals surface area contributed by atoms with Gasteiger partial charge in [0.2, 0.25) is 10.0 Å². The first-order valence-electron chi connectivity index (χ1n) is 5.59. The highest BCUT2D eigenvalue weighted by molar-refractivity contribution is 7.89. The zero-order valence-corrected chi connectivity index (χ0v) is 11.5. The molecule has 0 fully saturated rings. The van der Waals surface area contributed by atoms with Crippen LogP contribution in [-0.4, -0.2) is 23.2 Å². The van der Waals surface area contributed by atoms with Crippen molar-refractivity contribution in [1.29, 1.82) is 0 Å². The van der Waals surface area contributed by atoms with Crippen LogP contribution in [0.5, 0.6) is 0 Å². The van der Waals surface area contributed by atoms with Gasteiger partial charge >= 0.3 is 0 Å². The molecule has 3 N–H and O–H groups in total. The summed E-state index contributed by atoms with van der Waals surface area (Å²) in [5.41, 5.74) is 6.94. The van der Waals surface area contributed by atoms with E-state index in [1.807, 2.05) is 0 Å². The van der Waals surface area contributed by atoms with Gasteiger partial charge in [-0.3, -0.25) is 4.68 Å². The predicted octanol–water partition coefficient (Wildman–Crippen LogP) is 0.184. The molecule has 0 spiro atoms. The van der Waals surface area contributed by atoms with Crippen molar-refractivity contribution in [2.24, 2.45) is 7.05 Å². The van der Waals surface area contributed by atoms with Crippen LogP contribution in [0.3, 0.4) is 0 Å². The van der Waals surface area contributed by atoms with Crippen molar-refractivity contribution in [2.75, 3.05) is 5.73 Å². The molecule has 0 atom stereocenters. The maximum absolute atomic E-state index is 12.1. The second-order valence-corrected chi connectivity index (χ2v) is 5.94. The van der Waals surface area contributed by atoms with E-state index >= 15 is 0 Å². The van der Waals surface area contributed by atoms with Crippen LogP contribution in [0, 0.1) is 6.92 Å². The SMILES string of the molecule is Cc1cc(S(=O)(=O)NCc2ncn(C)n2)ccc1N. The summed E-state index contributed by atoms with van der Waals surface area (Å²) >= 11 is 0. The Labute approximate surface area is 111 Å². The van der Waals surface area contributed by atoms with Crippen LogP contribution in [0.25, 0.3) is 0 Å². The van der Waals surface area contributed by atoms with Crippen molar-refractivity contribution in [2.45, 2.75) is 18.4 Å². The summed E-state index contributed by atoms with van der Waals surface area (Å²) in [5, 5.41) is 4.00. The molecule has 0 amide bonds. The first kappa shape index (κ1) is 13.5. The van der Waals surface area contributed by atoms with Gasteiger partial charge in [0.05, 0.1) is 11.4 Å². The Morgan fingerprint density at radius 2 is 2.16 bits per heavy atom. The average molecular weight is 281 g/mol. The molecule has 0 saturated carbocycles. The number of aryl methyl sites for hydroxylation is 2. The number of nitrogens with one attached hydrogen (secondary N) is 1. The number of sulfonamides is 1. The number of aromatic nitrogens is 3. The van der Waals surface area contributed by atoms with Crippen LogP contribution >= 0.6 is 0 Å². The Kier molecular flexibility index (Phi) is 3.54. The van der Waals surface area contributed by atoms with Gasteiger partial charge in [-0.25, -0.2) is 18.1 Å². The third kappa shape index (κ3) is 3.09. The highest BCUT2D eigenvalue weighted by Gasteiger charge is 2.15. The highest BCUT2D eigenvalue weighted by atomic mass is 32.2. The Morgan fingerprint density at radius 3 is 2.74 bits per heavy atom. The number of benzene rings is 1. The van der Waals surface area contributed by atoms with E-state index in [4.69, 9.17) is 5.73 Å². The topological polar surface area (TPSA) is 103 Å². The normalized spacial score (nSPS) is 11.7. The minimum absolute atomic E-state index is 0.0482. The summed E-state index contributed by atoms with van der Waals surface area (Å²) < 4.78 is 28.1. The number of hydrogen-bond donors (Lipinski definition) is 2. The first-order chi connectivity index (χ1) is 8.88. The Bertz CT molecular complexity index is 693. The van der Waals surface area contributed by atoms with Crippen LogP contribution in [0.4, 0.5) is 5.69 Å². The fraction of sp³-hybridized carbons (Fsp3) is 0.273. The molecule has 0 radical (unpaired) electrons. The molecule has 19 heavy (non-hydrogen) atoms. The lowest BCUT2D eigenvalue weighted by atomic mass is 10.2. The van der Waals surface area contributed by atoms with E-state index in [9.17, 15) is 8.42 Å². The molecule has 1 aromatic heterocycles. The first-order valence-corrected chi connectivity index (χ1v) is 7.07. The minimum atomic E-state index is -3.58. The lowest BCUT2D eigenvalue weighted by Crippen LogP contribution is -2.24. The summed E-state index contributed by atoms with van der Waals surface area (Å²) in [7, 11) is -1.87. The summed E-state index contributed by atoms with van der Waals surface area (Å²) in [6.07, 6.45) is 1.51. The third-order valence-electron chi connectivity index (χ3n) is 2.62. The number of hydrogen-bond acceptors (Lipinski definition) is 5. The number of rotatable bonds is 4. The van der Waals surface area contributed by atoms with Crippen molar-refractivity contribution in [3.8, 4) is 0 Å². The predicted molar refractivity (Wildman–Crippen MR) is 70.6 cm³/mol. The zero-order valence-electron chi connectivity index (χ0n) is 10.7. The van der Waals surface area contributed by atoms with Gasteiger partial charge in [0.1, 0.15) is 6.33 Å². The number of anilines is 1. The molecule has 8 heteroatoms. The molecule has 1 aromatic carbocycles. The van der Waals surface area contributed by atoms with Crippen molar-refractivity contribution in [3.05, 3.63) is 35.9 Å². The maximum Gasteiger partial charge on any atom is 0.240 e. The monoisotopic (exact) mass is 281 g/mol. The van der Waals surface area contributed by atoms with Crippen molar-refractivity contribution >= 4 is 15.7 Å². The minimum Gasteiger partial charge on any atom is -0.399 e. The summed E-state index contributed by atoms with van der Waals surface area (Å²) in [6.45, 7) is 1.81. The molecule has 102 valence electrons. The quantitative estimate of drug-likeness (QED) is 0.778. The van der Waals surface area contributed by atoms with Crippen LogP contribution in [0.1, 0.15) is 11.4 Å². The largest absolute Gasteiger partial charge is 0.399 e. The van der Waals surface area contributed by atoms with Crippen molar-refractivity contribution in [3.63, 3.8) is 0 Å². The summed E-state index contributed by atoms with van der Waals surface area (Å²) in [5.74, 6) is 0.415. The van der Waals surface area contributed by atoms with Crippen LogP contribution in [0.15, 0.2) is 29.4 Å². The van der Waals surface area contributed by atoms with Crippen LogP contribution < -0.4 is 10.5 Å². The van der Waals surface area contributed by atoms with Crippen LogP contribution in [0.2, 0.25) is 0 Å². The molecule has 7 nitrogen and oxygen atoms in total. The van der Waals surface area contributed by atoms with Gasteiger partial charge < -0.3 is 5.73 Å². The van der Waals surface area contributed by atoms with Gasteiger partial charge in [0, 0.05) is 12.7 Å². The smallest absolute Gasteiger partial charge is 0.240 e. The van der Waals surface area contributed by atoms with Gasteiger partial charge in [-0.1, -0.05) is 0 Å². The highest BCUT2D eigenvalue weighted by Crippen LogP contribution is 2.16. The molecule has 2 aromatic rings. The number of nitrogens with two attached hydrogens (primary N) is 1. The van der Waals surface area contributed by atoms with E-state index < -0.39 is 10.0 Å². The molecular formula is C11H15N5O2S. The molecule has 0 unspecified atom stereocenters. The second-order valence-electron chi connectivity index (χ2n) is 4.18. The van der Waals surface area contributed by atoms with E-state index in [0.29, 0.717) is 11.5 Å². The zero-order chi connectivity index (χ0) is 14.0. The Balaban J connectivity index is 2.16. The fourth-order valence-corrected chi connectivity index (χ4v) is 2.59. The number of nitrogens with zero attached hydrogens (tertiary/aromatic N) is 3. The molecule has 0 aliphatic rings. The lowest BCUT2D eigenvalue weighted by Gasteiger charge is -2.07. The Morgan fingerprint density at radius 1 is 1.42 bits per heavy atom. The molecule has 2 rings (SSSR count). The van der Waals surface area contributed by atoms with Crippen molar-refractivity contribution < 1.29 is 8.42 Å². The van der Waals surface area contributed by atoms with Gasteiger partial charge in [-0.2, -0.15) is 5.10 Å². The molecule has 1 heterocycles. The molecular weight excluding hydrogens is 266 g/mol. The molecule has 0 aliphatic heterocycles. The van der Waals surface area contributed by atoms with E-state index in [1.165, 1.54) is 23.1 Å². The van der Waals surface area contributed by atoms with Gasteiger partial charge in [-0.15, -0.1) is 0 Å². The number of nitrogen functional groups attached to an aromatic ring is 1. The molecule has 0 aliphatic carbocycles. The van der Waals surface area contributed by atoms with E-state index in [1.54, 1.807) is 20.0 Å². The Hall–Kier alpha value is -1.93. The fourth-order valence-electron chi connectivity index (χ4n) is 1.52. The molecule has 0 saturated heterocycles. The van der Waals surface area contributed by atoms with Crippen molar-refractivity contribution in [1.82, 2.24) is 19.5 Å². The van der Waals surface area contributed by atoms with Crippen LogP contribution in [-0.2, 0) is 23.6 Å². The average Bonchev–Trinajstić information content (AvgIpc) is 2.76. The van der Waals surface area contributed by atoms with E-state index in [-0.39, 0.29) is 11.4 Å². The second kappa shape index (κ2) is 4.98. The standard InChI is InChI=1S/C11H15N5O2S/c1-8-5-9(3-4-10(8)12)19(17,18)14-6-11-13-7-16(2)15-11/h3-5,7,14H,6,12H2,1-2H3. The van der Waals surface area contributed by atoms with E-state index in [2.05, 4.69) is 14.8 Å². The third-order valence-corrected chi connectivity index (χ3v) is 4.02. The maximum atomic E-state index is 12.1. The van der Waals surface area contributed by atoms with Gasteiger partial charge in [0.15, 0.2) is 5.82 Å². The molecule has 0 bridgehead atoms.